The van der Waals surface area contributed by atoms with Gasteiger partial charge >= 0.3 is 6.09 Å². The average Bonchev–Trinajstić information content (AvgIpc) is 2.71. The average molecular weight is 484 g/mol. The molecule has 1 aliphatic heterocycles. The van der Waals surface area contributed by atoms with Crippen LogP contribution in [0.4, 0.5) is 9.18 Å². The first kappa shape index (κ1) is 26.8. The summed E-state index contributed by atoms with van der Waals surface area (Å²) in [5.74, 6) is -0.873. The van der Waals surface area contributed by atoms with Gasteiger partial charge in [0.2, 0.25) is 11.4 Å². The molecule has 0 aromatic heterocycles. The lowest BCUT2D eigenvalue weighted by Gasteiger charge is -2.47. The number of carbonyl (C=O) groups excluding carboxylic acids is 1. The molecule has 1 fully saturated rings. The molecule has 2 rings (SSSR count). The van der Waals surface area contributed by atoms with E-state index in [-0.39, 0.29) is 24.6 Å². The van der Waals surface area contributed by atoms with Gasteiger partial charge in [0.1, 0.15) is 17.0 Å². The molecule has 0 saturated carbocycles. The van der Waals surface area contributed by atoms with Crippen molar-refractivity contribution in [3.05, 3.63) is 47.8 Å². The Kier molecular flexibility index (Phi) is 8.64. The zero-order valence-corrected chi connectivity index (χ0v) is 20.9. The summed E-state index contributed by atoms with van der Waals surface area (Å²) in [6.45, 7) is 8.92. The van der Waals surface area contributed by atoms with Gasteiger partial charge in [-0.2, -0.15) is 0 Å². The number of amides is 1. The Morgan fingerprint density at radius 3 is 2.58 bits per heavy atom. The highest BCUT2D eigenvalue weighted by Crippen LogP contribution is 2.40. The van der Waals surface area contributed by atoms with Gasteiger partial charge in [0.25, 0.3) is 10.0 Å². The van der Waals surface area contributed by atoms with Crippen LogP contribution >= 0.6 is 0 Å². The standard InChI is InChI=1S/C23H34FN3O5S/c1-7-9-15-23(17-13-11-12-14-18(17)24)19(31-16-10-8-2)33(29,30)27(6)20(26-23)25-21(28)32-22(3,4)5/h7,9,11-14,19H,8,10,15-16H2,1-6H3,(H,25,26,28)/b9-7+/t19?,23-/m1/s1. The predicted molar refractivity (Wildman–Crippen MR) is 126 cm³/mol. The second kappa shape index (κ2) is 10.6. The van der Waals surface area contributed by atoms with E-state index in [1.165, 1.54) is 25.2 Å². The highest BCUT2D eigenvalue weighted by molar-refractivity contribution is 7.90. The Hall–Kier alpha value is -2.46. The molecular formula is C23H34FN3O5S. The molecule has 1 aromatic rings. The van der Waals surface area contributed by atoms with Crippen LogP contribution in [-0.2, 0) is 25.0 Å². The van der Waals surface area contributed by atoms with Gasteiger partial charge in [-0.1, -0.05) is 43.7 Å². The van der Waals surface area contributed by atoms with Crippen LogP contribution in [-0.4, -0.2) is 49.5 Å². The molecule has 1 saturated heterocycles. The largest absolute Gasteiger partial charge is 0.442 e. The fraction of sp³-hybridized carbons (Fsp3) is 0.565. The van der Waals surface area contributed by atoms with Gasteiger partial charge in [-0.15, -0.1) is 4.99 Å². The van der Waals surface area contributed by atoms with Crippen molar-refractivity contribution in [1.82, 2.24) is 9.62 Å². The highest BCUT2D eigenvalue weighted by Gasteiger charge is 2.56. The van der Waals surface area contributed by atoms with Crippen molar-refractivity contribution in [2.75, 3.05) is 13.7 Å². The van der Waals surface area contributed by atoms with Gasteiger partial charge < -0.3 is 14.8 Å². The summed E-state index contributed by atoms with van der Waals surface area (Å²) >= 11 is 0. The Bertz CT molecular complexity index is 1000. The SMILES string of the molecule is C/C=C/C[C@]1(c2ccccc2F)N/C(=N/C(=O)OC(C)(C)C)N(C)S(=O)(=O)C1OCCCC. The molecule has 1 aromatic carbocycles. The van der Waals surface area contributed by atoms with Crippen LogP contribution in [0.3, 0.4) is 0 Å². The molecule has 0 bridgehead atoms. The molecule has 1 N–H and O–H groups in total. The van der Waals surface area contributed by atoms with E-state index in [1.54, 1.807) is 45.9 Å². The summed E-state index contributed by atoms with van der Waals surface area (Å²) in [5, 5.41) is 3.04. The maximum atomic E-state index is 15.1. The number of carbonyl (C=O) groups is 1. The van der Waals surface area contributed by atoms with Crippen LogP contribution in [0.5, 0.6) is 0 Å². The summed E-state index contributed by atoms with van der Waals surface area (Å²) in [5.41, 5.74) is -3.77. The fourth-order valence-electron chi connectivity index (χ4n) is 3.47. The van der Waals surface area contributed by atoms with Gasteiger partial charge in [0.05, 0.1) is 0 Å². The van der Waals surface area contributed by atoms with Crippen LogP contribution in [0.2, 0.25) is 0 Å². The van der Waals surface area contributed by atoms with E-state index in [4.69, 9.17) is 9.47 Å². The zero-order chi connectivity index (χ0) is 24.9. The molecule has 1 amide bonds. The van der Waals surface area contributed by atoms with Gasteiger partial charge in [-0.3, -0.25) is 0 Å². The quantitative estimate of drug-likeness (QED) is 0.459. The van der Waals surface area contributed by atoms with Crippen molar-refractivity contribution < 1.29 is 27.1 Å². The molecule has 10 heteroatoms. The Morgan fingerprint density at radius 2 is 2.00 bits per heavy atom. The van der Waals surface area contributed by atoms with Crippen LogP contribution in [0.25, 0.3) is 0 Å². The maximum absolute atomic E-state index is 15.1. The number of ether oxygens (including phenoxy) is 2. The molecule has 1 aliphatic rings. The fourth-order valence-corrected chi connectivity index (χ4v) is 5.14. The number of benzene rings is 1. The summed E-state index contributed by atoms with van der Waals surface area (Å²) in [4.78, 5) is 16.3. The number of hydrogen-bond acceptors (Lipinski definition) is 5. The third-order valence-electron chi connectivity index (χ3n) is 5.08. The number of unbranched alkanes of at least 4 members (excludes halogenated alkanes) is 1. The minimum absolute atomic E-state index is 0.0711. The molecule has 184 valence electrons. The Morgan fingerprint density at radius 1 is 1.33 bits per heavy atom. The normalized spacial score (nSPS) is 24.2. The second-order valence-corrected chi connectivity index (χ2v) is 10.8. The van der Waals surface area contributed by atoms with Gasteiger partial charge in [0, 0.05) is 19.2 Å². The van der Waals surface area contributed by atoms with Crippen molar-refractivity contribution in [2.45, 2.75) is 70.5 Å². The molecule has 1 heterocycles. The lowest BCUT2D eigenvalue weighted by atomic mass is 9.86. The van der Waals surface area contributed by atoms with Crippen molar-refractivity contribution in [1.29, 1.82) is 0 Å². The zero-order valence-electron chi connectivity index (χ0n) is 20.1. The smallest absolute Gasteiger partial charge is 0.437 e. The predicted octanol–water partition coefficient (Wildman–Crippen LogP) is 4.29. The second-order valence-electron chi connectivity index (χ2n) is 8.83. The molecule has 1 unspecified atom stereocenters. The number of nitrogens with one attached hydrogen (secondary N) is 1. The number of allylic oxidation sites excluding steroid dienone is 1. The number of nitrogens with zero attached hydrogens (tertiary/aromatic N) is 2. The number of halogens is 1. The van der Waals surface area contributed by atoms with E-state index in [0.29, 0.717) is 6.42 Å². The highest BCUT2D eigenvalue weighted by atomic mass is 32.2. The number of guanidine groups is 1. The van der Waals surface area contributed by atoms with Crippen LogP contribution in [0.15, 0.2) is 41.4 Å². The topological polar surface area (TPSA) is 97.3 Å². The van der Waals surface area contributed by atoms with E-state index < -0.39 is 38.5 Å². The third kappa shape index (κ3) is 6.11. The lowest BCUT2D eigenvalue weighted by Crippen LogP contribution is -2.68. The van der Waals surface area contributed by atoms with E-state index in [1.807, 2.05) is 6.92 Å². The monoisotopic (exact) mass is 483 g/mol. The van der Waals surface area contributed by atoms with E-state index in [0.717, 1.165) is 10.7 Å². The number of hydrogen-bond donors (Lipinski definition) is 1. The first-order chi connectivity index (χ1) is 15.4. The minimum atomic E-state index is -4.21. The molecule has 0 radical (unpaired) electrons. The number of aliphatic imine (C=N–C) groups is 1. The van der Waals surface area contributed by atoms with Crippen molar-refractivity contribution in [3.63, 3.8) is 0 Å². The van der Waals surface area contributed by atoms with E-state index >= 15 is 4.39 Å². The molecule has 0 spiro atoms. The van der Waals surface area contributed by atoms with Crippen molar-refractivity contribution in [3.8, 4) is 0 Å². The molecular weight excluding hydrogens is 449 g/mol. The molecule has 8 nitrogen and oxygen atoms in total. The van der Waals surface area contributed by atoms with E-state index in [9.17, 15) is 13.2 Å². The maximum Gasteiger partial charge on any atom is 0.437 e. The van der Waals surface area contributed by atoms with Gasteiger partial charge in [-0.25, -0.2) is 21.9 Å². The summed E-state index contributed by atoms with van der Waals surface area (Å²) in [7, 11) is -2.95. The van der Waals surface area contributed by atoms with Crippen LogP contribution in [0, 0.1) is 5.82 Å². The molecule has 33 heavy (non-hydrogen) atoms. The number of sulfonamides is 1. The van der Waals surface area contributed by atoms with Crippen LogP contribution < -0.4 is 5.32 Å². The Balaban J connectivity index is 2.72. The first-order valence-corrected chi connectivity index (χ1v) is 12.4. The molecule has 0 aliphatic carbocycles. The number of rotatable bonds is 7. The van der Waals surface area contributed by atoms with Crippen LogP contribution in [0.1, 0.15) is 59.4 Å². The van der Waals surface area contributed by atoms with Crippen molar-refractivity contribution >= 4 is 22.1 Å². The summed E-state index contributed by atoms with van der Waals surface area (Å²) in [6.07, 6.45) is 3.99. The van der Waals surface area contributed by atoms with E-state index in [2.05, 4.69) is 10.3 Å². The van der Waals surface area contributed by atoms with Crippen molar-refractivity contribution in [2.24, 2.45) is 4.99 Å². The van der Waals surface area contributed by atoms with Gasteiger partial charge in [0.15, 0.2) is 0 Å². The minimum Gasteiger partial charge on any atom is -0.442 e. The summed E-state index contributed by atoms with van der Waals surface area (Å²) in [6, 6.07) is 5.91. The lowest BCUT2D eigenvalue weighted by molar-refractivity contribution is 0.0309. The summed E-state index contributed by atoms with van der Waals surface area (Å²) < 4.78 is 54.4. The first-order valence-electron chi connectivity index (χ1n) is 10.9. The van der Waals surface area contributed by atoms with Gasteiger partial charge in [-0.05, 0) is 46.6 Å². The third-order valence-corrected chi connectivity index (χ3v) is 7.09. The Labute approximate surface area is 195 Å². The molecule has 2 atom stereocenters.